The fourth-order valence-corrected chi connectivity index (χ4v) is 1.99. The summed E-state index contributed by atoms with van der Waals surface area (Å²) in [6.07, 6.45) is 2.34. The number of halogens is 2. The molecule has 21 heavy (non-hydrogen) atoms. The quantitative estimate of drug-likeness (QED) is 0.643. The molecule has 1 heterocycles. The third-order valence-corrected chi connectivity index (χ3v) is 3.15. The van der Waals surface area contributed by atoms with Crippen LogP contribution in [0, 0.1) is 15.9 Å². The van der Waals surface area contributed by atoms with Crippen LogP contribution in [0.15, 0.2) is 35.1 Å². The molecular formula is C12H7BrFN3O4. The highest BCUT2D eigenvalue weighted by Gasteiger charge is 2.19. The highest BCUT2D eigenvalue weighted by Crippen LogP contribution is 2.34. The maximum Gasteiger partial charge on any atom is 0.335 e. The minimum Gasteiger partial charge on any atom is -0.478 e. The van der Waals surface area contributed by atoms with Crippen LogP contribution < -0.4 is 5.32 Å². The van der Waals surface area contributed by atoms with Crippen LogP contribution in [0.2, 0.25) is 0 Å². The Hall–Kier alpha value is -2.55. The number of carbonyl (C=O) groups is 1. The molecule has 0 saturated heterocycles. The number of hydrogen-bond donors (Lipinski definition) is 2. The van der Waals surface area contributed by atoms with Crippen LogP contribution in [-0.2, 0) is 0 Å². The average molecular weight is 356 g/mol. The van der Waals surface area contributed by atoms with Crippen LogP contribution in [0.1, 0.15) is 10.4 Å². The van der Waals surface area contributed by atoms with Crippen molar-refractivity contribution < 1.29 is 19.2 Å². The van der Waals surface area contributed by atoms with E-state index in [1.54, 1.807) is 0 Å². The van der Waals surface area contributed by atoms with Crippen molar-refractivity contribution in [3.8, 4) is 0 Å². The summed E-state index contributed by atoms with van der Waals surface area (Å²) in [4.78, 5) is 24.7. The Kier molecular flexibility index (Phi) is 4.13. The molecule has 2 rings (SSSR count). The van der Waals surface area contributed by atoms with Crippen molar-refractivity contribution >= 4 is 39.0 Å². The van der Waals surface area contributed by atoms with Crippen molar-refractivity contribution in [2.45, 2.75) is 0 Å². The van der Waals surface area contributed by atoms with Crippen molar-refractivity contribution in [3.63, 3.8) is 0 Å². The highest BCUT2D eigenvalue weighted by molar-refractivity contribution is 9.10. The van der Waals surface area contributed by atoms with Gasteiger partial charge in [0, 0.05) is 6.20 Å². The molecule has 1 aromatic carbocycles. The van der Waals surface area contributed by atoms with Gasteiger partial charge in [0.15, 0.2) is 0 Å². The number of benzene rings is 1. The van der Waals surface area contributed by atoms with Crippen LogP contribution in [0.5, 0.6) is 0 Å². The van der Waals surface area contributed by atoms with Crippen molar-refractivity contribution in [2.24, 2.45) is 0 Å². The van der Waals surface area contributed by atoms with Gasteiger partial charge in [-0.05, 0) is 34.1 Å². The van der Waals surface area contributed by atoms with Gasteiger partial charge in [-0.25, -0.2) is 9.18 Å². The second-order valence-corrected chi connectivity index (χ2v) is 4.75. The number of anilines is 2. The summed E-state index contributed by atoms with van der Waals surface area (Å²) in [7, 11) is 0. The zero-order valence-electron chi connectivity index (χ0n) is 10.2. The van der Waals surface area contributed by atoms with E-state index in [4.69, 9.17) is 5.11 Å². The smallest absolute Gasteiger partial charge is 0.335 e. The molecule has 108 valence electrons. The summed E-state index contributed by atoms with van der Waals surface area (Å²) in [6.45, 7) is 0. The number of rotatable bonds is 4. The number of carboxylic acid groups (broad SMARTS) is 1. The number of aromatic carboxylic acids is 1. The lowest BCUT2D eigenvalue weighted by Crippen LogP contribution is -2.02. The molecular weight excluding hydrogens is 349 g/mol. The van der Waals surface area contributed by atoms with Crippen molar-refractivity contribution in [1.29, 1.82) is 0 Å². The molecule has 7 nitrogen and oxygen atoms in total. The minimum absolute atomic E-state index is 0.0250. The summed E-state index contributed by atoms with van der Waals surface area (Å²) >= 11 is 3.09. The summed E-state index contributed by atoms with van der Waals surface area (Å²) in [6, 6.07) is 3.20. The highest BCUT2D eigenvalue weighted by atomic mass is 79.9. The number of nitrogens with zero attached hydrogens (tertiary/aromatic N) is 2. The van der Waals surface area contributed by atoms with Crippen molar-refractivity contribution in [3.05, 3.63) is 56.6 Å². The third kappa shape index (κ3) is 3.14. The average Bonchev–Trinajstić information content (AvgIpc) is 2.42. The molecule has 0 bridgehead atoms. The molecule has 9 heteroatoms. The molecule has 2 N–H and O–H groups in total. The Balaban J connectivity index is 2.44. The summed E-state index contributed by atoms with van der Waals surface area (Å²) in [5.41, 5.74) is -0.626. The first kappa shape index (κ1) is 14.9. The summed E-state index contributed by atoms with van der Waals surface area (Å²) < 4.78 is 14.1. The zero-order valence-corrected chi connectivity index (χ0v) is 11.8. The predicted octanol–water partition coefficient (Wildman–Crippen LogP) is 3.33. The molecule has 2 aromatic rings. The van der Waals surface area contributed by atoms with E-state index in [2.05, 4.69) is 26.2 Å². The molecule has 0 amide bonds. The molecule has 1 aromatic heterocycles. The van der Waals surface area contributed by atoms with Gasteiger partial charge >= 0.3 is 11.7 Å². The lowest BCUT2D eigenvalue weighted by atomic mass is 10.2. The van der Waals surface area contributed by atoms with E-state index in [0.717, 1.165) is 12.3 Å². The normalized spacial score (nSPS) is 10.2. The van der Waals surface area contributed by atoms with Gasteiger partial charge in [-0.1, -0.05) is 0 Å². The lowest BCUT2D eigenvalue weighted by molar-refractivity contribution is -0.384. The Morgan fingerprint density at radius 2 is 2.14 bits per heavy atom. The molecule has 0 saturated carbocycles. The number of nitrogens with one attached hydrogen (secondary N) is 1. The van der Waals surface area contributed by atoms with E-state index in [1.807, 2.05) is 0 Å². The fraction of sp³-hybridized carbons (Fsp3) is 0. The Morgan fingerprint density at radius 3 is 2.71 bits per heavy atom. The Morgan fingerprint density at radius 1 is 1.43 bits per heavy atom. The first-order chi connectivity index (χ1) is 9.90. The lowest BCUT2D eigenvalue weighted by Gasteiger charge is -2.10. The topological polar surface area (TPSA) is 105 Å². The molecule has 0 aliphatic rings. The molecule has 0 fully saturated rings. The second-order valence-electron chi connectivity index (χ2n) is 3.90. The van der Waals surface area contributed by atoms with E-state index in [9.17, 15) is 19.3 Å². The molecule has 0 radical (unpaired) electrons. The van der Waals surface area contributed by atoms with Crippen LogP contribution in [0.25, 0.3) is 0 Å². The molecule has 0 aliphatic heterocycles. The van der Waals surface area contributed by atoms with Gasteiger partial charge in [0.1, 0.15) is 17.7 Å². The number of nitro groups is 1. The van der Waals surface area contributed by atoms with Crippen molar-refractivity contribution in [1.82, 2.24) is 4.98 Å². The van der Waals surface area contributed by atoms with Gasteiger partial charge < -0.3 is 10.4 Å². The van der Waals surface area contributed by atoms with E-state index in [-0.39, 0.29) is 27.1 Å². The first-order valence-corrected chi connectivity index (χ1v) is 6.27. The SMILES string of the molecule is O=C(O)c1ccc(Nc2c(Br)cncc2[N+](=O)[O-])c(F)c1. The van der Waals surface area contributed by atoms with Gasteiger partial charge in [-0.3, -0.25) is 15.1 Å². The molecule has 0 unspecified atom stereocenters. The number of hydrogen-bond acceptors (Lipinski definition) is 5. The third-order valence-electron chi connectivity index (χ3n) is 2.55. The fourth-order valence-electron chi connectivity index (χ4n) is 1.57. The van der Waals surface area contributed by atoms with Gasteiger partial charge in [-0.2, -0.15) is 0 Å². The van der Waals surface area contributed by atoms with Gasteiger partial charge in [-0.15, -0.1) is 0 Å². The van der Waals surface area contributed by atoms with Crippen LogP contribution in [0.3, 0.4) is 0 Å². The maximum absolute atomic E-state index is 13.8. The summed E-state index contributed by atoms with van der Waals surface area (Å²) in [5.74, 6) is -2.11. The number of aromatic nitrogens is 1. The predicted molar refractivity (Wildman–Crippen MR) is 75.2 cm³/mol. The second kappa shape index (κ2) is 5.83. The van der Waals surface area contributed by atoms with Crippen LogP contribution in [-0.4, -0.2) is 21.0 Å². The van der Waals surface area contributed by atoms with Gasteiger partial charge in [0.25, 0.3) is 0 Å². The van der Waals surface area contributed by atoms with E-state index >= 15 is 0 Å². The molecule has 0 spiro atoms. The maximum atomic E-state index is 13.8. The molecule has 0 atom stereocenters. The van der Waals surface area contributed by atoms with Gasteiger partial charge in [0.2, 0.25) is 0 Å². The van der Waals surface area contributed by atoms with Gasteiger partial charge in [0.05, 0.1) is 20.6 Å². The first-order valence-electron chi connectivity index (χ1n) is 5.48. The standard InChI is InChI=1S/C12H7BrFN3O4/c13-7-4-15-5-10(17(20)21)11(7)16-9-2-1-6(12(18)19)3-8(9)14/h1-5H,(H,15,16)(H,18,19). The zero-order chi connectivity index (χ0) is 15.6. The van der Waals surface area contributed by atoms with Crippen molar-refractivity contribution in [2.75, 3.05) is 5.32 Å². The minimum atomic E-state index is -1.27. The van der Waals surface area contributed by atoms with E-state index in [0.29, 0.717) is 0 Å². The van der Waals surface area contributed by atoms with Crippen LogP contribution >= 0.6 is 15.9 Å². The Bertz CT molecular complexity index is 738. The monoisotopic (exact) mass is 355 g/mol. The largest absolute Gasteiger partial charge is 0.478 e. The van der Waals surface area contributed by atoms with E-state index < -0.39 is 16.7 Å². The summed E-state index contributed by atoms with van der Waals surface area (Å²) in [5, 5.41) is 22.2. The number of pyridine rings is 1. The van der Waals surface area contributed by atoms with E-state index in [1.165, 1.54) is 18.3 Å². The Labute approximate surface area is 125 Å². The number of carboxylic acids is 1. The van der Waals surface area contributed by atoms with Crippen LogP contribution in [0.4, 0.5) is 21.5 Å². The molecule has 0 aliphatic carbocycles.